The molecule has 0 atom stereocenters. The van der Waals surface area contributed by atoms with Crippen molar-refractivity contribution in [2.45, 2.75) is 19.3 Å². The molecular weight excluding hydrogens is 164 g/mol. The number of hydrogen-bond acceptors (Lipinski definition) is 2. The maximum absolute atomic E-state index is 9.02. The summed E-state index contributed by atoms with van der Waals surface area (Å²) in [6.45, 7) is 0. The number of amidine groups is 1. The Morgan fingerprint density at radius 1 is 1.31 bits per heavy atom. The zero-order valence-corrected chi connectivity index (χ0v) is 7.46. The molecule has 0 amide bonds. The lowest BCUT2D eigenvalue weighted by atomic mass is 10.1. The van der Waals surface area contributed by atoms with Crippen LogP contribution < -0.4 is 5.73 Å². The molecule has 0 spiro atoms. The molecule has 0 unspecified atom stereocenters. The van der Waals surface area contributed by atoms with Gasteiger partial charge in [-0.25, -0.2) is 0 Å². The molecule has 0 radical (unpaired) electrons. The molecule has 0 aliphatic rings. The van der Waals surface area contributed by atoms with Gasteiger partial charge in [-0.1, -0.05) is 12.1 Å². The van der Waals surface area contributed by atoms with Gasteiger partial charge in [0.1, 0.15) is 5.75 Å². The van der Waals surface area contributed by atoms with E-state index in [1.54, 1.807) is 12.1 Å². The molecule has 0 heterocycles. The van der Waals surface area contributed by atoms with E-state index in [4.69, 9.17) is 16.2 Å². The summed E-state index contributed by atoms with van der Waals surface area (Å²) in [5.74, 6) is 0.522. The third-order valence-corrected chi connectivity index (χ3v) is 1.85. The number of phenolic OH excluding ortho intramolecular Hbond substituents is 1. The first-order chi connectivity index (χ1) is 6.18. The highest BCUT2D eigenvalue weighted by Crippen LogP contribution is 2.11. The van der Waals surface area contributed by atoms with Gasteiger partial charge in [-0.2, -0.15) is 0 Å². The number of aryl methyl sites for hydroxylation is 1. The fourth-order valence-corrected chi connectivity index (χ4v) is 1.15. The van der Waals surface area contributed by atoms with Crippen molar-refractivity contribution in [3.8, 4) is 5.75 Å². The van der Waals surface area contributed by atoms with E-state index in [-0.39, 0.29) is 11.6 Å². The van der Waals surface area contributed by atoms with Gasteiger partial charge in [0.2, 0.25) is 0 Å². The number of aromatic hydroxyl groups is 1. The Morgan fingerprint density at radius 3 is 2.46 bits per heavy atom. The highest BCUT2D eigenvalue weighted by atomic mass is 16.3. The number of benzene rings is 1. The van der Waals surface area contributed by atoms with Gasteiger partial charge < -0.3 is 10.8 Å². The molecule has 70 valence electrons. The summed E-state index contributed by atoms with van der Waals surface area (Å²) in [7, 11) is 0. The number of nitrogens with two attached hydrogens (primary N) is 1. The lowest BCUT2D eigenvalue weighted by Crippen LogP contribution is -2.09. The molecule has 0 aliphatic heterocycles. The fraction of sp³-hybridized carbons (Fsp3) is 0.300. The number of nitrogens with one attached hydrogen (secondary N) is 1. The van der Waals surface area contributed by atoms with Crippen molar-refractivity contribution in [2.75, 3.05) is 0 Å². The summed E-state index contributed by atoms with van der Waals surface area (Å²) in [5, 5.41) is 16.0. The van der Waals surface area contributed by atoms with Crippen LogP contribution in [0.2, 0.25) is 0 Å². The van der Waals surface area contributed by atoms with Crippen molar-refractivity contribution >= 4 is 5.84 Å². The Kier molecular flexibility index (Phi) is 3.31. The molecule has 3 heteroatoms. The van der Waals surface area contributed by atoms with E-state index in [1.807, 2.05) is 12.1 Å². The third kappa shape index (κ3) is 3.60. The van der Waals surface area contributed by atoms with Crippen LogP contribution in [0.5, 0.6) is 5.75 Å². The Hall–Kier alpha value is -1.51. The van der Waals surface area contributed by atoms with Gasteiger partial charge in [-0.05, 0) is 30.5 Å². The molecule has 0 aromatic heterocycles. The molecule has 3 nitrogen and oxygen atoms in total. The second-order valence-electron chi connectivity index (χ2n) is 3.05. The fourth-order valence-electron chi connectivity index (χ4n) is 1.15. The molecule has 0 fully saturated rings. The zero-order chi connectivity index (χ0) is 9.68. The minimum absolute atomic E-state index is 0.235. The summed E-state index contributed by atoms with van der Waals surface area (Å²) in [5.41, 5.74) is 6.39. The summed E-state index contributed by atoms with van der Waals surface area (Å²) in [4.78, 5) is 0. The number of phenols is 1. The predicted octanol–water partition coefficient (Wildman–Crippen LogP) is 1.65. The van der Waals surface area contributed by atoms with Crippen LogP contribution in [0.3, 0.4) is 0 Å². The average Bonchev–Trinajstić information content (AvgIpc) is 2.08. The van der Waals surface area contributed by atoms with Crippen LogP contribution in [0.15, 0.2) is 24.3 Å². The van der Waals surface area contributed by atoms with Gasteiger partial charge in [-0.15, -0.1) is 0 Å². The van der Waals surface area contributed by atoms with E-state index in [2.05, 4.69) is 0 Å². The second kappa shape index (κ2) is 4.50. The summed E-state index contributed by atoms with van der Waals surface area (Å²) >= 11 is 0. The molecule has 1 aromatic carbocycles. The molecule has 0 aliphatic carbocycles. The molecule has 0 saturated carbocycles. The Balaban J connectivity index is 2.37. The van der Waals surface area contributed by atoms with E-state index >= 15 is 0 Å². The standard InChI is InChI=1S/C10H14N2O/c11-10(12)3-1-2-8-4-6-9(13)7-5-8/h4-7,13H,1-3H2,(H3,11,12). The minimum atomic E-state index is 0.235. The van der Waals surface area contributed by atoms with Crippen LogP contribution in [0.4, 0.5) is 0 Å². The van der Waals surface area contributed by atoms with Crippen LogP contribution >= 0.6 is 0 Å². The van der Waals surface area contributed by atoms with E-state index in [0.29, 0.717) is 6.42 Å². The van der Waals surface area contributed by atoms with E-state index in [9.17, 15) is 0 Å². The van der Waals surface area contributed by atoms with Gasteiger partial charge in [-0.3, -0.25) is 5.41 Å². The third-order valence-electron chi connectivity index (χ3n) is 1.85. The normalized spacial score (nSPS) is 9.85. The van der Waals surface area contributed by atoms with Crippen LogP contribution in [-0.4, -0.2) is 10.9 Å². The first-order valence-electron chi connectivity index (χ1n) is 4.29. The van der Waals surface area contributed by atoms with Crippen molar-refractivity contribution in [1.82, 2.24) is 0 Å². The van der Waals surface area contributed by atoms with Crippen LogP contribution in [0.1, 0.15) is 18.4 Å². The SMILES string of the molecule is N=C(N)CCCc1ccc(O)cc1. The predicted molar refractivity (Wildman–Crippen MR) is 53.0 cm³/mol. The number of rotatable bonds is 4. The molecule has 1 aromatic rings. The van der Waals surface area contributed by atoms with Crippen molar-refractivity contribution in [2.24, 2.45) is 5.73 Å². The Bertz CT molecular complexity index is 279. The van der Waals surface area contributed by atoms with Crippen molar-refractivity contribution in [3.63, 3.8) is 0 Å². The lowest BCUT2D eigenvalue weighted by molar-refractivity contribution is 0.475. The molecule has 0 bridgehead atoms. The van der Waals surface area contributed by atoms with Gasteiger partial charge in [0.15, 0.2) is 0 Å². The Labute approximate surface area is 77.7 Å². The van der Waals surface area contributed by atoms with Crippen molar-refractivity contribution in [3.05, 3.63) is 29.8 Å². The highest BCUT2D eigenvalue weighted by molar-refractivity contribution is 5.76. The van der Waals surface area contributed by atoms with E-state index < -0.39 is 0 Å². The van der Waals surface area contributed by atoms with Crippen molar-refractivity contribution < 1.29 is 5.11 Å². The van der Waals surface area contributed by atoms with Crippen LogP contribution in [0, 0.1) is 5.41 Å². The average molecular weight is 178 g/mol. The summed E-state index contributed by atoms with van der Waals surface area (Å²) < 4.78 is 0. The van der Waals surface area contributed by atoms with Crippen molar-refractivity contribution in [1.29, 1.82) is 5.41 Å². The molecular formula is C10H14N2O. The first kappa shape index (κ1) is 9.58. The largest absolute Gasteiger partial charge is 0.508 e. The maximum atomic E-state index is 9.02. The van der Waals surface area contributed by atoms with Gasteiger partial charge in [0.25, 0.3) is 0 Å². The van der Waals surface area contributed by atoms with Gasteiger partial charge >= 0.3 is 0 Å². The summed E-state index contributed by atoms with van der Waals surface area (Å²) in [6.07, 6.45) is 2.43. The lowest BCUT2D eigenvalue weighted by Gasteiger charge is -2.00. The smallest absolute Gasteiger partial charge is 0.115 e. The second-order valence-corrected chi connectivity index (χ2v) is 3.05. The molecule has 0 saturated heterocycles. The topological polar surface area (TPSA) is 70.1 Å². The minimum Gasteiger partial charge on any atom is -0.508 e. The first-order valence-corrected chi connectivity index (χ1v) is 4.29. The Morgan fingerprint density at radius 2 is 1.92 bits per heavy atom. The zero-order valence-electron chi connectivity index (χ0n) is 7.46. The van der Waals surface area contributed by atoms with E-state index in [1.165, 1.54) is 5.56 Å². The van der Waals surface area contributed by atoms with Crippen LogP contribution in [0.25, 0.3) is 0 Å². The quantitative estimate of drug-likeness (QED) is 0.484. The van der Waals surface area contributed by atoms with E-state index in [0.717, 1.165) is 12.8 Å². The molecule has 4 N–H and O–H groups in total. The van der Waals surface area contributed by atoms with Gasteiger partial charge in [0.05, 0.1) is 5.84 Å². The maximum Gasteiger partial charge on any atom is 0.115 e. The van der Waals surface area contributed by atoms with Crippen LogP contribution in [-0.2, 0) is 6.42 Å². The molecule has 1 rings (SSSR count). The molecule has 13 heavy (non-hydrogen) atoms. The summed E-state index contributed by atoms with van der Waals surface area (Å²) in [6, 6.07) is 7.11. The highest BCUT2D eigenvalue weighted by Gasteiger charge is 1.94. The number of hydrogen-bond donors (Lipinski definition) is 3. The van der Waals surface area contributed by atoms with Gasteiger partial charge in [0, 0.05) is 6.42 Å². The monoisotopic (exact) mass is 178 g/mol.